The molecule has 1 saturated heterocycles. The molecule has 0 radical (unpaired) electrons. The molecule has 0 saturated carbocycles. The number of benzene rings is 1. The van der Waals surface area contributed by atoms with Crippen LogP contribution in [0.4, 0.5) is 8.78 Å². The topological polar surface area (TPSA) is 66.5 Å². The summed E-state index contributed by atoms with van der Waals surface area (Å²) in [6, 6.07) is 3.51. The molecule has 1 atom stereocenters. The zero-order valence-corrected chi connectivity index (χ0v) is 13.7. The molecule has 0 spiro atoms. The number of amides is 1. The SMILES string of the molecule is CS(=O)(=O)NC[C@H]1CCCN(C(=O)Cc2c(F)cccc2F)C1. The summed E-state index contributed by atoms with van der Waals surface area (Å²) in [5.41, 5.74) is -0.228. The molecule has 1 fully saturated rings. The minimum absolute atomic E-state index is 0.00731. The van der Waals surface area contributed by atoms with Crippen molar-refractivity contribution in [3.63, 3.8) is 0 Å². The van der Waals surface area contributed by atoms with Gasteiger partial charge in [0, 0.05) is 25.2 Å². The first-order valence-electron chi connectivity index (χ1n) is 7.41. The molecule has 1 N–H and O–H groups in total. The van der Waals surface area contributed by atoms with E-state index in [2.05, 4.69) is 4.72 Å². The van der Waals surface area contributed by atoms with Crippen molar-refractivity contribution in [1.82, 2.24) is 9.62 Å². The number of nitrogens with one attached hydrogen (secondary N) is 1. The lowest BCUT2D eigenvalue weighted by molar-refractivity contribution is -0.132. The quantitative estimate of drug-likeness (QED) is 0.874. The van der Waals surface area contributed by atoms with Crippen LogP contribution in [-0.2, 0) is 21.2 Å². The van der Waals surface area contributed by atoms with Crippen LogP contribution in [-0.4, -0.2) is 45.1 Å². The second kappa shape index (κ2) is 7.35. The fourth-order valence-electron chi connectivity index (χ4n) is 2.69. The Balaban J connectivity index is 1.97. The number of carbonyl (C=O) groups is 1. The minimum atomic E-state index is -3.27. The summed E-state index contributed by atoms with van der Waals surface area (Å²) in [7, 11) is -3.27. The van der Waals surface area contributed by atoms with Gasteiger partial charge in [0.05, 0.1) is 12.7 Å². The lowest BCUT2D eigenvalue weighted by Gasteiger charge is -2.33. The summed E-state index contributed by atoms with van der Waals surface area (Å²) in [5, 5.41) is 0. The maximum Gasteiger partial charge on any atom is 0.227 e. The summed E-state index contributed by atoms with van der Waals surface area (Å²) in [4.78, 5) is 13.8. The van der Waals surface area contributed by atoms with E-state index in [0.29, 0.717) is 13.1 Å². The average Bonchev–Trinajstić information content (AvgIpc) is 2.48. The average molecular weight is 346 g/mol. The molecule has 0 aliphatic carbocycles. The molecule has 128 valence electrons. The fourth-order valence-corrected chi connectivity index (χ4v) is 3.23. The van der Waals surface area contributed by atoms with Crippen molar-refractivity contribution in [1.29, 1.82) is 0 Å². The molecular formula is C15H20F2N2O3S. The van der Waals surface area contributed by atoms with Gasteiger partial charge in [-0.15, -0.1) is 0 Å². The van der Waals surface area contributed by atoms with Gasteiger partial charge in [0.25, 0.3) is 0 Å². The highest BCUT2D eigenvalue weighted by Gasteiger charge is 2.25. The molecular weight excluding hydrogens is 326 g/mol. The number of rotatable bonds is 5. The Hall–Kier alpha value is -1.54. The number of halogens is 2. The Morgan fingerprint density at radius 1 is 1.35 bits per heavy atom. The first kappa shape index (κ1) is 17.8. The highest BCUT2D eigenvalue weighted by molar-refractivity contribution is 7.88. The fraction of sp³-hybridized carbons (Fsp3) is 0.533. The third kappa shape index (κ3) is 5.24. The first-order valence-corrected chi connectivity index (χ1v) is 9.30. The van der Waals surface area contributed by atoms with Crippen LogP contribution in [0.1, 0.15) is 18.4 Å². The lowest BCUT2D eigenvalue weighted by Crippen LogP contribution is -2.44. The molecule has 1 aromatic carbocycles. The Morgan fingerprint density at radius 2 is 2.00 bits per heavy atom. The van der Waals surface area contributed by atoms with Crippen LogP contribution in [0.3, 0.4) is 0 Å². The van der Waals surface area contributed by atoms with Gasteiger partial charge in [0.15, 0.2) is 0 Å². The monoisotopic (exact) mass is 346 g/mol. The van der Waals surface area contributed by atoms with E-state index in [4.69, 9.17) is 0 Å². The largest absolute Gasteiger partial charge is 0.342 e. The molecule has 1 aliphatic heterocycles. The van der Waals surface area contributed by atoms with E-state index >= 15 is 0 Å². The molecule has 1 aliphatic rings. The molecule has 0 bridgehead atoms. The zero-order valence-electron chi connectivity index (χ0n) is 12.9. The normalized spacial score (nSPS) is 18.9. The van der Waals surface area contributed by atoms with Crippen LogP contribution in [0.15, 0.2) is 18.2 Å². The Labute approximate surface area is 134 Å². The molecule has 8 heteroatoms. The van der Waals surface area contributed by atoms with E-state index in [9.17, 15) is 22.0 Å². The van der Waals surface area contributed by atoms with E-state index in [1.807, 2.05) is 0 Å². The number of piperidine rings is 1. The van der Waals surface area contributed by atoms with Gasteiger partial charge >= 0.3 is 0 Å². The summed E-state index contributed by atoms with van der Waals surface area (Å²) < 4.78 is 51.9. The van der Waals surface area contributed by atoms with Crippen LogP contribution in [0.5, 0.6) is 0 Å². The third-order valence-corrected chi connectivity index (χ3v) is 4.59. The molecule has 0 unspecified atom stereocenters. The predicted octanol–water partition coefficient (Wildman–Crippen LogP) is 1.30. The summed E-state index contributed by atoms with van der Waals surface area (Å²) in [6.45, 7) is 1.17. The van der Waals surface area contributed by atoms with E-state index in [-0.39, 0.29) is 30.4 Å². The molecule has 2 rings (SSSR count). The van der Waals surface area contributed by atoms with Gasteiger partial charge in [-0.05, 0) is 30.9 Å². The van der Waals surface area contributed by atoms with Gasteiger partial charge in [-0.25, -0.2) is 21.9 Å². The van der Waals surface area contributed by atoms with Crippen LogP contribution in [0, 0.1) is 17.6 Å². The zero-order chi connectivity index (χ0) is 17.0. The lowest BCUT2D eigenvalue weighted by atomic mass is 9.97. The maximum absolute atomic E-state index is 13.6. The first-order chi connectivity index (χ1) is 10.8. The molecule has 0 aromatic heterocycles. The van der Waals surface area contributed by atoms with Gasteiger partial charge in [0.1, 0.15) is 11.6 Å². The van der Waals surface area contributed by atoms with Crippen molar-refractivity contribution < 1.29 is 22.0 Å². The highest BCUT2D eigenvalue weighted by atomic mass is 32.2. The molecule has 1 aromatic rings. The van der Waals surface area contributed by atoms with Crippen molar-refractivity contribution in [2.75, 3.05) is 25.9 Å². The Kier molecular flexibility index (Phi) is 5.69. The second-order valence-corrected chi connectivity index (χ2v) is 7.68. The van der Waals surface area contributed by atoms with E-state index in [0.717, 1.165) is 31.2 Å². The minimum Gasteiger partial charge on any atom is -0.342 e. The number of sulfonamides is 1. The van der Waals surface area contributed by atoms with Crippen molar-refractivity contribution in [2.24, 2.45) is 5.92 Å². The van der Waals surface area contributed by atoms with Crippen molar-refractivity contribution >= 4 is 15.9 Å². The number of likely N-dealkylation sites (tertiary alicyclic amines) is 1. The second-order valence-electron chi connectivity index (χ2n) is 5.85. The van der Waals surface area contributed by atoms with Crippen molar-refractivity contribution in [2.45, 2.75) is 19.3 Å². The van der Waals surface area contributed by atoms with Crippen LogP contribution in [0.25, 0.3) is 0 Å². The summed E-state index contributed by atoms with van der Waals surface area (Å²) in [6.07, 6.45) is 2.30. The molecule has 5 nitrogen and oxygen atoms in total. The number of hydrogen-bond acceptors (Lipinski definition) is 3. The molecule has 1 heterocycles. The van der Waals surface area contributed by atoms with Gasteiger partial charge in [-0.1, -0.05) is 6.07 Å². The summed E-state index contributed by atoms with van der Waals surface area (Å²) >= 11 is 0. The molecule has 23 heavy (non-hydrogen) atoms. The van der Waals surface area contributed by atoms with E-state index in [1.165, 1.54) is 6.07 Å². The van der Waals surface area contributed by atoms with Crippen LogP contribution >= 0.6 is 0 Å². The Morgan fingerprint density at radius 3 is 2.61 bits per heavy atom. The van der Waals surface area contributed by atoms with Crippen LogP contribution in [0.2, 0.25) is 0 Å². The van der Waals surface area contributed by atoms with Gasteiger partial charge in [0.2, 0.25) is 15.9 Å². The van der Waals surface area contributed by atoms with Gasteiger partial charge in [-0.3, -0.25) is 4.79 Å². The predicted molar refractivity (Wildman–Crippen MR) is 82.2 cm³/mol. The standard InChI is InChI=1S/C15H20F2N2O3S/c1-23(21,22)18-9-11-4-3-7-19(10-11)15(20)8-12-13(16)5-2-6-14(12)17/h2,5-6,11,18H,3-4,7-10H2,1H3/t11-/m1/s1. The van der Waals surface area contributed by atoms with E-state index < -0.39 is 21.7 Å². The van der Waals surface area contributed by atoms with E-state index in [1.54, 1.807) is 4.90 Å². The number of nitrogens with zero attached hydrogens (tertiary/aromatic N) is 1. The summed E-state index contributed by atoms with van der Waals surface area (Å²) in [5.74, 6) is -1.80. The number of carbonyl (C=O) groups excluding carboxylic acids is 1. The highest BCUT2D eigenvalue weighted by Crippen LogP contribution is 2.19. The maximum atomic E-state index is 13.6. The Bertz CT molecular complexity index is 659. The third-order valence-electron chi connectivity index (χ3n) is 3.90. The number of hydrogen-bond donors (Lipinski definition) is 1. The van der Waals surface area contributed by atoms with Crippen molar-refractivity contribution in [3.8, 4) is 0 Å². The van der Waals surface area contributed by atoms with Crippen molar-refractivity contribution in [3.05, 3.63) is 35.4 Å². The van der Waals surface area contributed by atoms with Gasteiger partial charge < -0.3 is 4.90 Å². The molecule has 1 amide bonds. The van der Waals surface area contributed by atoms with Gasteiger partial charge in [-0.2, -0.15) is 0 Å². The van der Waals surface area contributed by atoms with Crippen LogP contribution < -0.4 is 4.72 Å². The smallest absolute Gasteiger partial charge is 0.227 e.